The number of fused-ring (bicyclic) bond motifs is 1. The lowest BCUT2D eigenvalue weighted by Crippen LogP contribution is -1.74. The molecule has 0 atom stereocenters. The molecule has 3 nitrogen and oxygen atoms in total. The van der Waals surface area contributed by atoms with Gasteiger partial charge in [-0.1, -0.05) is 24.3 Å². The molecule has 0 bridgehead atoms. The molecule has 3 aromatic rings. The molecule has 0 aliphatic carbocycles. The average molecular weight is 250 g/mol. The summed E-state index contributed by atoms with van der Waals surface area (Å²) in [5.74, 6) is 1.10. The highest BCUT2D eigenvalue weighted by molar-refractivity contribution is 5.79. The number of rotatable bonds is 2. The van der Waals surface area contributed by atoms with Crippen molar-refractivity contribution in [1.82, 2.24) is 9.97 Å². The highest BCUT2D eigenvalue weighted by atomic mass is 16.3. The number of imidazole rings is 1. The van der Waals surface area contributed by atoms with Crippen LogP contribution in [-0.4, -0.2) is 15.1 Å². The van der Waals surface area contributed by atoms with Gasteiger partial charge >= 0.3 is 0 Å². The molecule has 3 heteroatoms. The van der Waals surface area contributed by atoms with Gasteiger partial charge in [-0.3, -0.25) is 0 Å². The topological polar surface area (TPSA) is 48.9 Å². The van der Waals surface area contributed by atoms with Crippen molar-refractivity contribution in [2.24, 2.45) is 0 Å². The van der Waals surface area contributed by atoms with Gasteiger partial charge in [0.05, 0.1) is 11.0 Å². The third-order valence-electron chi connectivity index (χ3n) is 2.98. The number of aryl methyl sites for hydroxylation is 1. The number of aromatic nitrogens is 2. The molecule has 0 spiro atoms. The van der Waals surface area contributed by atoms with Gasteiger partial charge < -0.3 is 10.1 Å². The van der Waals surface area contributed by atoms with Gasteiger partial charge in [-0.25, -0.2) is 4.98 Å². The summed E-state index contributed by atoms with van der Waals surface area (Å²) in [6, 6.07) is 13.2. The SMILES string of the molecule is Cc1ccc2nc(/C=C/c3ccc(O)cc3)[nH]c2c1. The number of aromatic amines is 1. The van der Waals surface area contributed by atoms with E-state index in [9.17, 15) is 5.11 Å². The van der Waals surface area contributed by atoms with Gasteiger partial charge in [-0.2, -0.15) is 0 Å². The van der Waals surface area contributed by atoms with Crippen LogP contribution in [0.2, 0.25) is 0 Å². The number of benzene rings is 2. The lowest BCUT2D eigenvalue weighted by Gasteiger charge is -1.93. The Bertz CT molecular complexity index is 739. The highest BCUT2D eigenvalue weighted by Gasteiger charge is 1.99. The number of nitrogens with zero attached hydrogens (tertiary/aromatic N) is 1. The Morgan fingerprint density at radius 2 is 1.84 bits per heavy atom. The van der Waals surface area contributed by atoms with Crippen LogP contribution in [0.25, 0.3) is 23.2 Å². The normalized spacial score (nSPS) is 11.4. The molecule has 94 valence electrons. The van der Waals surface area contributed by atoms with E-state index in [1.54, 1.807) is 12.1 Å². The first-order chi connectivity index (χ1) is 9.20. The van der Waals surface area contributed by atoms with Crippen molar-refractivity contribution in [3.8, 4) is 5.75 Å². The highest BCUT2D eigenvalue weighted by Crippen LogP contribution is 2.16. The van der Waals surface area contributed by atoms with Gasteiger partial charge in [0.25, 0.3) is 0 Å². The minimum Gasteiger partial charge on any atom is -0.508 e. The zero-order valence-electron chi connectivity index (χ0n) is 10.6. The van der Waals surface area contributed by atoms with Crippen LogP contribution < -0.4 is 0 Å². The van der Waals surface area contributed by atoms with Crippen LogP contribution in [0.15, 0.2) is 42.5 Å². The van der Waals surface area contributed by atoms with Crippen LogP contribution >= 0.6 is 0 Å². The van der Waals surface area contributed by atoms with Crippen LogP contribution in [-0.2, 0) is 0 Å². The predicted molar refractivity (Wildman–Crippen MR) is 77.9 cm³/mol. The molecule has 1 aromatic heterocycles. The Kier molecular flexibility index (Phi) is 2.80. The molecular weight excluding hydrogens is 236 g/mol. The largest absolute Gasteiger partial charge is 0.508 e. The molecule has 3 rings (SSSR count). The van der Waals surface area contributed by atoms with E-state index in [2.05, 4.69) is 29.0 Å². The lowest BCUT2D eigenvalue weighted by molar-refractivity contribution is 0.475. The summed E-state index contributed by atoms with van der Waals surface area (Å²) in [5, 5.41) is 9.22. The third kappa shape index (κ3) is 2.50. The lowest BCUT2D eigenvalue weighted by atomic mass is 10.2. The molecule has 0 radical (unpaired) electrons. The first-order valence-electron chi connectivity index (χ1n) is 6.14. The number of hydrogen-bond donors (Lipinski definition) is 2. The number of hydrogen-bond acceptors (Lipinski definition) is 2. The fraction of sp³-hybridized carbons (Fsp3) is 0.0625. The van der Waals surface area contributed by atoms with Gasteiger partial charge in [-0.05, 0) is 48.4 Å². The summed E-state index contributed by atoms with van der Waals surface area (Å²) in [4.78, 5) is 7.77. The van der Waals surface area contributed by atoms with Crippen LogP contribution in [0.5, 0.6) is 5.75 Å². The molecule has 19 heavy (non-hydrogen) atoms. The summed E-state index contributed by atoms with van der Waals surface area (Å²) in [5.41, 5.74) is 4.25. The van der Waals surface area contributed by atoms with Gasteiger partial charge in [0.1, 0.15) is 11.6 Å². The maximum atomic E-state index is 9.22. The van der Waals surface area contributed by atoms with E-state index in [-0.39, 0.29) is 5.75 Å². The first-order valence-corrected chi connectivity index (χ1v) is 6.14. The second-order valence-corrected chi connectivity index (χ2v) is 4.57. The van der Waals surface area contributed by atoms with E-state index in [0.717, 1.165) is 22.4 Å². The number of aromatic hydroxyl groups is 1. The third-order valence-corrected chi connectivity index (χ3v) is 2.98. The first kappa shape index (κ1) is 11.5. The molecule has 0 saturated heterocycles. The van der Waals surface area contributed by atoms with E-state index < -0.39 is 0 Å². The van der Waals surface area contributed by atoms with E-state index in [4.69, 9.17) is 0 Å². The maximum absolute atomic E-state index is 9.22. The monoisotopic (exact) mass is 250 g/mol. The van der Waals surface area contributed by atoms with Crippen LogP contribution in [0, 0.1) is 6.92 Å². The van der Waals surface area contributed by atoms with Crippen LogP contribution in [0.1, 0.15) is 17.0 Å². The molecule has 0 saturated carbocycles. The fourth-order valence-corrected chi connectivity index (χ4v) is 1.98. The molecule has 0 aliphatic rings. The van der Waals surface area contributed by atoms with Crippen molar-refractivity contribution in [2.75, 3.05) is 0 Å². The second kappa shape index (κ2) is 4.61. The summed E-state index contributed by atoms with van der Waals surface area (Å²) in [7, 11) is 0. The van der Waals surface area contributed by atoms with Crippen molar-refractivity contribution in [3.05, 3.63) is 59.4 Å². The Hall–Kier alpha value is -2.55. The molecular formula is C16H14N2O. The molecule has 2 N–H and O–H groups in total. The Balaban J connectivity index is 1.90. The van der Waals surface area contributed by atoms with Crippen molar-refractivity contribution in [3.63, 3.8) is 0 Å². The molecule has 0 unspecified atom stereocenters. The van der Waals surface area contributed by atoms with E-state index in [0.29, 0.717) is 0 Å². The van der Waals surface area contributed by atoms with Crippen molar-refractivity contribution in [2.45, 2.75) is 6.92 Å². The van der Waals surface area contributed by atoms with Crippen molar-refractivity contribution >= 4 is 23.2 Å². The molecule has 0 aliphatic heterocycles. The minimum atomic E-state index is 0.274. The Labute approximate surface area is 111 Å². The molecule has 2 aromatic carbocycles. The second-order valence-electron chi connectivity index (χ2n) is 4.57. The van der Waals surface area contributed by atoms with Gasteiger partial charge in [0.15, 0.2) is 0 Å². The minimum absolute atomic E-state index is 0.274. The molecule has 0 amide bonds. The predicted octanol–water partition coefficient (Wildman–Crippen LogP) is 3.75. The van der Waals surface area contributed by atoms with Crippen LogP contribution in [0.4, 0.5) is 0 Å². The quantitative estimate of drug-likeness (QED) is 0.727. The fourth-order valence-electron chi connectivity index (χ4n) is 1.98. The zero-order chi connectivity index (χ0) is 13.2. The number of H-pyrrole nitrogens is 1. The van der Waals surface area contributed by atoms with Gasteiger partial charge in [0, 0.05) is 0 Å². The van der Waals surface area contributed by atoms with Crippen molar-refractivity contribution in [1.29, 1.82) is 0 Å². The summed E-state index contributed by atoms with van der Waals surface area (Å²) >= 11 is 0. The Morgan fingerprint density at radius 1 is 1.05 bits per heavy atom. The standard InChI is InChI=1S/C16H14N2O/c1-11-2-8-14-15(10-11)18-16(17-14)9-5-12-3-6-13(19)7-4-12/h2-10,19H,1H3,(H,17,18)/b9-5+. The van der Waals surface area contributed by atoms with E-state index in [1.165, 1.54) is 5.56 Å². The van der Waals surface area contributed by atoms with Crippen molar-refractivity contribution < 1.29 is 5.11 Å². The molecule has 1 heterocycles. The number of phenolic OH excluding ortho intramolecular Hbond substituents is 1. The Morgan fingerprint density at radius 3 is 2.63 bits per heavy atom. The summed E-state index contributed by atoms with van der Waals surface area (Å²) < 4.78 is 0. The van der Waals surface area contributed by atoms with E-state index >= 15 is 0 Å². The van der Waals surface area contributed by atoms with Gasteiger partial charge in [-0.15, -0.1) is 0 Å². The number of nitrogens with one attached hydrogen (secondary N) is 1. The molecule has 0 fully saturated rings. The number of phenols is 1. The summed E-state index contributed by atoms with van der Waals surface area (Å²) in [6.07, 6.45) is 3.89. The summed E-state index contributed by atoms with van der Waals surface area (Å²) in [6.45, 7) is 2.06. The van der Waals surface area contributed by atoms with Gasteiger partial charge in [0.2, 0.25) is 0 Å². The maximum Gasteiger partial charge on any atom is 0.131 e. The smallest absolute Gasteiger partial charge is 0.131 e. The van der Waals surface area contributed by atoms with E-state index in [1.807, 2.05) is 30.4 Å². The average Bonchev–Trinajstić information content (AvgIpc) is 2.80. The zero-order valence-corrected chi connectivity index (χ0v) is 10.6. The van der Waals surface area contributed by atoms with Crippen LogP contribution in [0.3, 0.4) is 0 Å².